The van der Waals surface area contributed by atoms with Crippen LogP contribution in [-0.4, -0.2) is 33.2 Å². The van der Waals surface area contributed by atoms with Crippen molar-refractivity contribution in [2.45, 2.75) is 0 Å². The molecule has 0 aliphatic carbocycles. The molecule has 0 unspecified atom stereocenters. The summed E-state index contributed by atoms with van der Waals surface area (Å²) in [5, 5.41) is 9.83. The summed E-state index contributed by atoms with van der Waals surface area (Å²) < 4.78 is 4.95. The van der Waals surface area contributed by atoms with E-state index >= 15 is 0 Å². The predicted molar refractivity (Wildman–Crippen MR) is 85.6 cm³/mol. The number of nitrogens with zero attached hydrogens (tertiary/aromatic N) is 3. The van der Waals surface area contributed by atoms with E-state index in [2.05, 4.69) is 25.5 Å². The van der Waals surface area contributed by atoms with Gasteiger partial charge >= 0.3 is 0 Å². The van der Waals surface area contributed by atoms with Gasteiger partial charge in [-0.3, -0.25) is 15.2 Å². The van der Waals surface area contributed by atoms with Crippen molar-refractivity contribution in [1.82, 2.24) is 20.2 Å². The highest BCUT2D eigenvalue weighted by molar-refractivity contribution is 6.33. The molecule has 0 radical (unpaired) electrons. The summed E-state index contributed by atoms with van der Waals surface area (Å²) in [6.07, 6.45) is 1.41. The molecule has 0 fully saturated rings. The molecule has 0 bridgehead atoms. The molecule has 2 heterocycles. The molecule has 0 aliphatic rings. The van der Waals surface area contributed by atoms with Crippen LogP contribution in [0, 0.1) is 0 Å². The van der Waals surface area contributed by atoms with Gasteiger partial charge in [0.15, 0.2) is 5.82 Å². The summed E-state index contributed by atoms with van der Waals surface area (Å²) in [7, 11) is 1.51. The second-order valence-electron chi connectivity index (χ2n) is 4.53. The molecule has 1 amide bonds. The average Bonchev–Trinajstić information content (AvgIpc) is 3.03. The number of benzene rings is 1. The monoisotopic (exact) mass is 329 g/mol. The van der Waals surface area contributed by atoms with Gasteiger partial charge in [0.2, 0.25) is 11.8 Å². The van der Waals surface area contributed by atoms with Gasteiger partial charge in [0, 0.05) is 17.8 Å². The molecule has 0 saturated heterocycles. The predicted octanol–water partition coefficient (Wildman–Crippen LogP) is 2.78. The van der Waals surface area contributed by atoms with Crippen molar-refractivity contribution < 1.29 is 9.53 Å². The average molecular weight is 330 g/mol. The molecular weight excluding hydrogens is 318 g/mol. The summed E-state index contributed by atoms with van der Waals surface area (Å²) >= 11 is 6.10. The Morgan fingerprint density at radius 3 is 2.78 bits per heavy atom. The largest absolute Gasteiger partial charge is 0.481 e. The van der Waals surface area contributed by atoms with Crippen LogP contribution in [0.15, 0.2) is 42.6 Å². The molecule has 8 heteroatoms. The van der Waals surface area contributed by atoms with E-state index in [4.69, 9.17) is 16.3 Å². The number of rotatable bonds is 4. The number of pyridine rings is 1. The minimum Gasteiger partial charge on any atom is -0.481 e. The highest BCUT2D eigenvalue weighted by Gasteiger charge is 2.12. The van der Waals surface area contributed by atoms with Gasteiger partial charge in [-0.05, 0) is 18.2 Å². The number of carbonyl (C=O) groups excluding carboxylic acids is 1. The van der Waals surface area contributed by atoms with Gasteiger partial charge in [0.1, 0.15) is 0 Å². The summed E-state index contributed by atoms with van der Waals surface area (Å²) in [4.78, 5) is 20.3. The van der Waals surface area contributed by atoms with Gasteiger partial charge < -0.3 is 4.74 Å². The van der Waals surface area contributed by atoms with E-state index in [1.807, 2.05) is 18.2 Å². The maximum absolute atomic E-state index is 12.1. The fourth-order valence-electron chi connectivity index (χ4n) is 1.90. The molecule has 0 saturated carbocycles. The number of aromatic amines is 1. The first-order chi connectivity index (χ1) is 11.2. The SMILES string of the molecule is COc1ccc(C(=O)Nc2n[nH]c(-c3ccccc3Cl)n2)cn1. The number of carbonyl (C=O) groups is 1. The van der Waals surface area contributed by atoms with E-state index in [9.17, 15) is 4.79 Å². The van der Waals surface area contributed by atoms with Crippen molar-refractivity contribution >= 4 is 23.5 Å². The van der Waals surface area contributed by atoms with Crippen LogP contribution in [0.1, 0.15) is 10.4 Å². The lowest BCUT2D eigenvalue weighted by Gasteiger charge is -2.02. The molecule has 3 rings (SSSR count). The van der Waals surface area contributed by atoms with Crippen molar-refractivity contribution in [3.05, 3.63) is 53.2 Å². The first-order valence-corrected chi connectivity index (χ1v) is 7.04. The van der Waals surface area contributed by atoms with E-state index in [0.717, 1.165) is 0 Å². The zero-order valence-corrected chi connectivity index (χ0v) is 12.8. The molecular formula is C15H12ClN5O2. The maximum atomic E-state index is 12.1. The van der Waals surface area contributed by atoms with Crippen molar-refractivity contribution in [2.75, 3.05) is 12.4 Å². The molecule has 23 heavy (non-hydrogen) atoms. The quantitative estimate of drug-likeness (QED) is 0.767. The highest BCUT2D eigenvalue weighted by atomic mass is 35.5. The Bertz CT molecular complexity index is 832. The van der Waals surface area contributed by atoms with Gasteiger partial charge in [-0.15, -0.1) is 5.10 Å². The van der Waals surface area contributed by atoms with E-state index < -0.39 is 0 Å². The lowest BCUT2D eigenvalue weighted by molar-refractivity contribution is 0.102. The fourth-order valence-corrected chi connectivity index (χ4v) is 2.13. The van der Waals surface area contributed by atoms with Crippen LogP contribution in [0.25, 0.3) is 11.4 Å². The van der Waals surface area contributed by atoms with Crippen LogP contribution >= 0.6 is 11.6 Å². The number of H-pyrrole nitrogens is 1. The maximum Gasteiger partial charge on any atom is 0.259 e. The Kier molecular flexibility index (Phi) is 4.20. The van der Waals surface area contributed by atoms with Crippen molar-refractivity contribution in [2.24, 2.45) is 0 Å². The smallest absolute Gasteiger partial charge is 0.259 e. The number of aromatic nitrogens is 4. The Labute approximate surface area is 136 Å². The van der Waals surface area contributed by atoms with Crippen LogP contribution in [-0.2, 0) is 0 Å². The van der Waals surface area contributed by atoms with Gasteiger partial charge in [-0.25, -0.2) is 4.98 Å². The van der Waals surface area contributed by atoms with Crippen LogP contribution in [0.2, 0.25) is 5.02 Å². The Morgan fingerprint density at radius 1 is 1.26 bits per heavy atom. The van der Waals surface area contributed by atoms with E-state index in [-0.39, 0.29) is 11.9 Å². The first kappa shape index (κ1) is 15.0. The van der Waals surface area contributed by atoms with E-state index in [1.54, 1.807) is 18.2 Å². The molecule has 2 aromatic heterocycles. The van der Waals surface area contributed by atoms with Crippen molar-refractivity contribution in [3.63, 3.8) is 0 Å². The molecule has 0 atom stereocenters. The second-order valence-corrected chi connectivity index (χ2v) is 4.94. The van der Waals surface area contributed by atoms with Gasteiger partial charge in [-0.1, -0.05) is 23.7 Å². The minimum atomic E-state index is -0.370. The van der Waals surface area contributed by atoms with Crippen LogP contribution in [0.5, 0.6) is 5.88 Å². The summed E-state index contributed by atoms with van der Waals surface area (Å²) in [5.41, 5.74) is 1.07. The third-order valence-corrected chi connectivity index (χ3v) is 3.38. The number of ether oxygens (including phenoxy) is 1. The number of hydrogen-bond acceptors (Lipinski definition) is 5. The molecule has 116 valence electrons. The zero-order valence-electron chi connectivity index (χ0n) is 12.1. The Hall–Kier alpha value is -2.93. The van der Waals surface area contributed by atoms with E-state index in [1.165, 1.54) is 13.3 Å². The summed E-state index contributed by atoms with van der Waals surface area (Å²) in [5.74, 6) is 0.685. The molecule has 0 aliphatic heterocycles. The number of halogens is 1. The van der Waals surface area contributed by atoms with Gasteiger partial charge in [-0.2, -0.15) is 4.98 Å². The number of anilines is 1. The molecule has 3 aromatic rings. The fraction of sp³-hybridized carbons (Fsp3) is 0.0667. The number of methoxy groups -OCH3 is 1. The second kappa shape index (κ2) is 6.45. The molecule has 2 N–H and O–H groups in total. The minimum absolute atomic E-state index is 0.153. The highest BCUT2D eigenvalue weighted by Crippen LogP contribution is 2.24. The molecule has 0 spiro atoms. The molecule has 7 nitrogen and oxygen atoms in total. The summed E-state index contributed by atoms with van der Waals surface area (Å²) in [6, 6.07) is 10.4. The van der Waals surface area contributed by atoms with Crippen LogP contribution < -0.4 is 10.1 Å². The van der Waals surface area contributed by atoms with Gasteiger partial charge in [0.25, 0.3) is 5.91 Å². The van der Waals surface area contributed by atoms with E-state index in [0.29, 0.717) is 27.9 Å². The zero-order chi connectivity index (χ0) is 16.2. The summed E-state index contributed by atoms with van der Waals surface area (Å²) in [6.45, 7) is 0. The third kappa shape index (κ3) is 3.29. The standard InChI is InChI=1S/C15H12ClN5O2/c1-23-12-7-6-9(8-17-12)14(22)19-15-18-13(20-21-15)10-4-2-3-5-11(10)16/h2-8H,1H3,(H2,18,19,20,21,22). The number of nitrogens with one attached hydrogen (secondary N) is 2. The van der Waals surface area contributed by atoms with Crippen LogP contribution in [0.3, 0.4) is 0 Å². The van der Waals surface area contributed by atoms with Crippen molar-refractivity contribution in [1.29, 1.82) is 0 Å². The van der Waals surface area contributed by atoms with Crippen molar-refractivity contribution in [3.8, 4) is 17.3 Å². The normalized spacial score (nSPS) is 10.3. The van der Waals surface area contributed by atoms with Gasteiger partial charge in [0.05, 0.1) is 17.7 Å². The lowest BCUT2D eigenvalue weighted by Crippen LogP contribution is -2.13. The molecule has 1 aromatic carbocycles. The number of hydrogen-bond donors (Lipinski definition) is 2. The Morgan fingerprint density at radius 2 is 2.09 bits per heavy atom. The third-order valence-electron chi connectivity index (χ3n) is 3.05. The number of amides is 1. The first-order valence-electron chi connectivity index (χ1n) is 6.66. The Balaban J connectivity index is 1.76. The topological polar surface area (TPSA) is 92.8 Å². The lowest BCUT2D eigenvalue weighted by atomic mass is 10.2. The van der Waals surface area contributed by atoms with Crippen LogP contribution in [0.4, 0.5) is 5.95 Å².